The maximum Gasteiger partial charge on any atom is 0.260 e. The van der Waals surface area contributed by atoms with E-state index in [9.17, 15) is 9.90 Å². The van der Waals surface area contributed by atoms with Gasteiger partial charge in [0.25, 0.3) is 5.91 Å². The number of piperidine rings is 1. The number of likely N-dealkylation sites (tertiary alicyclic amines) is 1. The molecule has 1 aromatic carbocycles. The van der Waals surface area contributed by atoms with E-state index < -0.39 is 0 Å². The van der Waals surface area contributed by atoms with Gasteiger partial charge in [-0.2, -0.15) is 5.10 Å². The number of carbonyl (C=O) groups is 1. The molecule has 1 saturated carbocycles. The fourth-order valence-electron chi connectivity index (χ4n) is 6.63. The minimum absolute atomic E-state index is 0.00820. The molecule has 1 spiro atoms. The van der Waals surface area contributed by atoms with Crippen LogP contribution in [-0.2, 0) is 6.54 Å². The second-order valence-electron chi connectivity index (χ2n) is 9.97. The van der Waals surface area contributed by atoms with Crippen molar-refractivity contribution < 1.29 is 14.6 Å². The first kappa shape index (κ1) is 19.3. The number of aliphatic hydroxyl groups excluding tert-OH is 1. The molecule has 1 saturated heterocycles. The van der Waals surface area contributed by atoms with Crippen LogP contribution in [0.3, 0.4) is 0 Å². The van der Waals surface area contributed by atoms with E-state index in [0.29, 0.717) is 31.1 Å². The van der Waals surface area contributed by atoms with E-state index in [4.69, 9.17) is 4.74 Å². The van der Waals surface area contributed by atoms with E-state index in [0.717, 1.165) is 37.9 Å². The smallest absolute Gasteiger partial charge is 0.260 e. The Morgan fingerprint density at radius 3 is 2.85 bits per heavy atom. The predicted molar refractivity (Wildman–Crippen MR) is 120 cm³/mol. The minimum Gasteiger partial charge on any atom is -0.477 e. The van der Waals surface area contributed by atoms with Crippen LogP contribution in [-0.4, -0.2) is 61.0 Å². The number of aliphatic hydroxyl groups is 1. The monoisotopic (exact) mass is 445 g/mol. The number of benzene rings is 1. The molecule has 3 aliphatic heterocycles. The molecule has 4 aliphatic rings. The van der Waals surface area contributed by atoms with Gasteiger partial charge in [-0.05, 0) is 24.8 Å². The van der Waals surface area contributed by atoms with Gasteiger partial charge in [0.15, 0.2) is 0 Å². The topological polar surface area (TPSA) is 85.4 Å². The van der Waals surface area contributed by atoms with Crippen LogP contribution in [0, 0.1) is 11.3 Å². The first-order valence-electron chi connectivity index (χ1n) is 11.9. The maximum atomic E-state index is 13.2. The number of rotatable bonds is 2. The lowest BCUT2D eigenvalue weighted by Gasteiger charge is -2.57. The zero-order valence-corrected chi connectivity index (χ0v) is 18.4. The molecule has 7 rings (SSSR count). The SMILES string of the molecule is O=C(c1cnn2c1OCCC2)N1CCC2(CC1)CC(C1c3ccccc3-c3cncn31)C2O. The summed E-state index contributed by atoms with van der Waals surface area (Å²) in [6.07, 6.45) is 8.61. The van der Waals surface area contributed by atoms with E-state index in [1.165, 1.54) is 11.1 Å². The highest BCUT2D eigenvalue weighted by molar-refractivity contribution is 5.96. The summed E-state index contributed by atoms with van der Waals surface area (Å²) in [6, 6.07) is 8.60. The molecule has 3 unspecified atom stereocenters. The predicted octanol–water partition coefficient (Wildman–Crippen LogP) is 2.74. The number of fused-ring (bicyclic) bond motifs is 4. The zero-order valence-electron chi connectivity index (χ0n) is 18.4. The van der Waals surface area contributed by atoms with Crippen LogP contribution in [0.1, 0.15) is 47.6 Å². The third kappa shape index (κ3) is 2.64. The summed E-state index contributed by atoms with van der Waals surface area (Å²) in [5.74, 6) is 0.761. The van der Waals surface area contributed by atoms with Gasteiger partial charge >= 0.3 is 0 Å². The van der Waals surface area contributed by atoms with Crippen molar-refractivity contribution in [2.24, 2.45) is 11.3 Å². The van der Waals surface area contributed by atoms with Crippen LogP contribution in [0.15, 0.2) is 43.0 Å². The molecule has 1 aliphatic carbocycles. The van der Waals surface area contributed by atoms with Gasteiger partial charge in [0.1, 0.15) is 5.56 Å². The standard InChI is InChI=1S/C25H27N5O3/c31-22-18(21-17-5-2-1-4-16(17)20-14-26-15-29(20)21)12-25(22)6-9-28(10-7-25)23(32)19-13-27-30-8-3-11-33-24(19)30/h1-2,4-5,13-15,18,21-22,31H,3,6-12H2. The Kier molecular flexibility index (Phi) is 4.07. The molecule has 1 N–H and O–H groups in total. The summed E-state index contributed by atoms with van der Waals surface area (Å²) >= 11 is 0. The van der Waals surface area contributed by atoms with Gasteiger partial charge in [0.05, 0.1) is 43.2 Å². The third-order valence-electron chi connectivity index (χ3n) is 8.42. The quantitative estimate of drug-likeness (QED) is 0.656. The van der Waals surface area contributed by atoms with Crippen molar-refractivity contribution in [1.29, 1.82) is 0 Å². The summed E-state index contributed by atoms with van der Waals surface area (Å²) in [4.78, 5) is 19.4. The van der Waals surface area contributed by atoms with Crippen LogP contribution < -0.4 is 4.74 Å². The van der Waals surface area contributed by atoms with E-state index in [1.54, 1.807) is 10.9 Å². The minimum atomic E-state index is -0.381. The Morgan fingerprint density at radius 1 is 1.15 bits per heavy atom. The number of ether oxygens (including phenoxy) is 1. The lowest BCUT2D eigenvalue weighted by molar-refractivity contribution is -0.154. The van der Waals surface area contributed by atoms with Crippen molar-refractivity contribution in [3.05, 3.63) is 54.1 Å². The number of hydrogen-bond acceptors (Lipinski definition) is 5. The molecular weight excluding hydrogens is 418 g/mol. The van der Waals surface area contributed by atoms with E-state index >= 15 is 0 Å². The number of amides is 1. The van der Waals surface area contributed by atoms with Crippen LogP contribution in [0.2, 0.25) is 0 Å². The molecule has 3 aromatic rings. The largest absolute Gasteiger partial charge is 0.477 e. The average molecular weight is 446 g/mol. The molecule has 0 bridgehead atoms. The molecule has 8 nitrogen and oxygen atoms in total. The second kappa shape index (κ2) is 6.93. The van der Waals surface area contributed by atoms with E-state index in [2.05, 4.69) is 38.9 Å². The summed E-state index contributed by atoms with van der Waals surface area (Å²) < 4.78 is 9.74. The second-order valence-corrected chi connectivity index (χ2v) is 9.97. The molecular formula is C25H27N5O3. The Morgan fingerprint density at radius 2 is 2.00 bits per heavy atom. The third-order valence-corrected chi connectivity index (χ3v) is 8.42. The Balaban J connectivity index is 1.07. The van der Waals surface area contributed by atoms with Gasteiger partial charge in [0, 0.05) is 43.0 Å². The fraction of sp³-hybridized carbons (Fsp3) is 0.480. The Labute approximate surface area is 191 Å². The van der Waals surface area contributed by atoms with Gasteiger partial charge in [-0.25, -0.2) is 9.67 Å². The summed E-state index contributed by atoms with van der Waals surface area (Å²) in [7, 11) is 0. The molecule has 170 valence electrons. The van der Waals surface area contributed by atoms with Gasteiger partial charge < -0.3 is 19.3 Å². The number of aryl methyl sites for hydroxylation is 1. The Hall–Kier alpha value is -3.13. The van der Waals surface area contributed by atoms with Crippen molar-refractivity contribution in [1.82, 2.24) is 24.2 Å². The lowest BCUT2D eigenvalue weighted by atomic mass is 9.53. The molecule has 33 heavy (non-hydrogen) atoms. The number of nitrogens with zero attached hydrogens (tertiary/aromatic N) is 5. The summed E-state index contributed by atoms with van der Waals surface area (Å²) in [6.45, 7) is 2.74. The van der Waals surface area contributed by atoms with E-state index in [-0.39, 0.29) is 29.4 Å². The molecule has 2 fully saturated rings. The summed E-state index contributed by atoms with van der Waals surface area (Å²) in [5.41, 5.74) is 4.10. The fourth-order valence-corrected chi connectivity index (χ4v) is 6.63. The number of hydrogen-bond donors (Lipinski definition) is 1. The highest BCUT2D eigenvalue weighted by atomic mass is 16.5. The van der Waals surface area contributed by atoms with Gasteiger partial charge in [-0.1, -0.05) is 24.3 Å². The van der Waals surface area contributed by atoms with Crippen LogP contribution >= 0.6 is 0 Å². The lowest BCUT2D eigenvalue weighted by Crippen LogP contribution is -2.59. The normalized spacial score (nSPS) is 26.8. The molecule has 3 atom stereocenters. The van der Waals surface area contributed by atoms with Crippen LogP contribution in [0.5, 0.6) is 5.88 Å². The van der Waals surface area contributed by atoms with Gasteiger partial charge in [0.2, 0.25) is 5.88 Å². The van der Waals surface area contributed by atoms with Crippen molar-refractivity contribution in [2.75, 3.05) is 19.7 Å². The average Bonchev–Trinajstić information content (AvgIpc) is 3.57. The first-order valence-corrected chi connectivity index (χ1v) is 11.9. The van der Waals surface area contributed by atoms with E-state index in [1.807, 2.05) is 17.4 Å². The van der Waals surface area contributed by atoms with Crippen molar-refractivity contribution in [3.63, 3.8) is 0 Å². The van der Waals surface area contributed by atoms with Crippen molar-refractivity contribution >= 4 is 5.91 Å². The van der Waals surface area contributed by atoms with Crippen molar-refractivity contribution in [3.8, 4) is 17.1 Å². The van der Waals surface area contributed by atoms with Gasteiger partial charge in [-0.15, -0.1) is 0 Å². The molecule has 5 heterocycles. The van der Waals surface area contributed by atoms with Crippen LogP contribution in [0.25, 0.3) is 11.3 Å². The maximum absolute atomic E-state index is 13.2. The Bertz CT molecular complexity index is 1240. The highest BCUT2D eigenvalue weighted by Gasteiger charge is 2.58. The molecule has 1 amide bonds. The van der Waals surface area contributed by atoms with Crippen LogP contribution in [0.4, 0.5) is 0 Å². The highest BCUT2D eigenvalue weighted by Crippen LogP contribution is 2.59. The molecule has 0 radical (unpaired) electrons. The van der Waals surface area contributed by atoms with Crippen molar-refractivity contribution in [2.45, 2.75) is 44.4 Å². The molecule has 2 aromatic heterocycles. The number of imidazole rings is 1. The van der Waals surface area contributed by atoms with Gasteiger partial charge in [-0.3, -0.25) is 4.79 Å². The summed E-state index contributed by atoms with van der Waals surface area (Å²) in [5, 5.41) is 15.8. The number of carbonyl (C=O) groups excluding carboxylic acids is 1. The molecule has 8 heteroatoms. The zero-order chi connectivity index (χ0) is 22.2. The number of aromatic nitrogens is 4. The first-order chi connectivity index (χ1) is 16.2.